The molecule has 0 saturated carbocycles. The molecule has 2 aromatic carbocycles. The van der Waals surface area contributed by atoms with Crippen LogP contribution in [0.5, 0.6) is 11.5 Å². The summed E-state index contributed by atoms with van der Waals surface area (Å²) in [6.45, 7) is 13.1. The van der Waals surface area contributed by atoms with Gasteiger partial charge in [-0.1, -0.05) is 65.8 Å². The average molecular weight is 492 g/mol. The van der Waals surface area contributed by atoms with Gasteiger partial charge in [0.15, 0.2) is 11.0 Å². The molecule has 0 fully saturated rings. The minimum Gasteiger partial charge on any atom is -0.457 e. The van der Waals surface area contributed by atoms with E-state index < -0.39 is 0 Å². The molecular formula is C32H35N4O+. The molecule has 0 saturated heterocycles. The lowest BCUT2D eigenvalue weighted by molar-refractivity contribution is -0.645. The second-order valence-electron chi connectivity index (χ2n) is 11.7. The third-order valence-electron chi connectivity index (χ3n) is 6.70. The number of hydrogen-bond donors (Lipinski definition) is 0. The zero-order valence-corrected chi connectivity index (χ0v) is 22.8. The molecule has 37 heavy (non-hydrogen) atoms. The Bertz CT molecular complexity index is 1570. The number of aromatic nitrogens is 4. The van der Waals surface area contributed by atoms with E-state index in [1.165, 1.54) is 11.1 Å². The molecule has 5 nitrogen and oxygen atoms in total. The fourth-order valence-electron chi connectivity index (χ4n) is 4.51. The first kappa shape index (κ1) is 24.7. The molecule has 0 aliphatic carbocycles. The van der Waals surface area contributed by atoms with E-state index >= 15 is 0 Å². The summed E-state index contributed by atoms with van der Waals surface area (Å²) in [5.74, 6) is 1.57. The Morgan fingerprint density at radius 3 is 2.22 bits per heavy atom. The van der Waals surface area contributed by atoms with Gasteiger partial charge in [-0.25, -0.2) is 4.57 Å². The second-order valence-corrected chi connectivity index (χ2v) is 11.7. The summed E-state index contributed by atoms with van der Waals surface area (Å²) in [6.07, 6.45) is 5.97. The van der Waals surface area contributed by atoms with Crippen LogP contribution in [0.3, 0.4) is 0 Å². The van der Waals surface area contributed by atoms with Crippen LogP contribution >= 0.6 is 0 Å². The first-order valence-corrected chi connectivity index (χ1v) is 12.7. The van der Waals surface area contributed by atoms with Crippen molar-refractivity contribution in [3.8, 4) is 28.6 Å². The molecule has 0 N–H and O–H groups in total. The molecule has 188 valence electrons. The number of rotatable bonds is 4. The smallest absolute Gasteiger partial charge is 0.249 e. The molecule has 0 unspecified atom stereocenters. The van der Waals surface area contributed by atoms with E-state index in [9.17, 15) is 0 Å². The maximum Gasteiger partial charge on any atom is 0.249 e. The summed E-state index contributed by atoms with van der Waals surface area (Å²) in [4.78, 5) is 9.48. The van der Waals surface area contributed by atoms with Crippen LogP contribution in [-0.2, 0) is 17.9 Å². The van der Waals surface area contributed by atoms with Crippen molar-refractivity contribution in [2.24, 2.45) is 7.05 Å². The maximum atomic E-state index is 6.57. The zero-order valence-electron chi connectivity index (χ0n) is 22.8. The van der Waals surface area contributed by atoms with Gasteiger partial charge in [-0.3, -0.25) is 9.97 Å². The number of imidazole rings is 1. The first-order chi connectivity index (χ1) is 17.5. The van der Waals surface area contributed by atoms with Crippen LogP contribution in [0.4, 0.5) is 0 Å². The van der Waals surface area contributed by atoms with E-state index in [0.717, 1.165) is 39.7 Å². The molecule has 0 aliphatic heterocycles. The molecule has 0 radical (unpaired) electrons. The number of ether oxygens (including phenoxy) is 1. The normalized spacial score (nSPS) is 12.2. The SMILES string of the molecule is C[n+]1cn(-c2cccc(Oc3cc(-c4ccc(C(C)(C)C)cn4)ncc3C(C)(C)C)c2)c2ccccc21. The molecule has 3 aromatic heterocycles. The number of nitrogens with zero attached hydrogens (tertiary/aromatic N) is 4. The second kappa shape index (κ2) is 9.15. The quantitative estimate of drug-likeness (QED) is 0.248. The first-order valence-electron chi connectivity index (χ1n) is 12.7. The molecule has 0 amide bonds. The largest absolute Gasteiger partial charge is 0.457 e. The summed E-state index contributed by atoms with van der Waals surface area (Å²) in [5, 5.41) is 0. The number of para-hydroxylation sites is 2. The summed E-state index contributed by atoms with van der Waals surface area (Å²) in [5.41, 5.74) is 7.15. The monoisotopic (exact) mass is 491 g/mol. The Kier molecular flexibility index (Phi) is 6.10. The highest BCUT2D eigenvalue weighted by Crippen LogP contribution is 2.36. The van der Waals surface area contributed by atoms with Crippen molar-refractivity contribution in [2.75, 3.05) is 0 Å². The average Bonchev–Trinajstić information content (AvgIpc) is 3.20. The van der Waals surface area contributed by atoms with Crippen molar-refractivity contribution in [1.29, 1.82) is 0 Å². The minimum absolute atomic E-state index is 0.0520. The predicted octanol–water partition coefficient (Wildman–Crippen LogP) is 7.30. The Morgan fingerprint density at radius 1 is 0.757 bits per heavy atom. The molecule has 0 bridgehead atoms. The van der Waals surface area contributed by atoms with Gasteiger partial charge in [-0.05, 0) is 46.7 Å². The van der Waals surface area contributed by atoms with Crippen LogP contribution in [-0.4, -0.2) is 14.5 Å². The number of benzene rings is 2. The van der Waals surface area contributed by atoms with E-state index in [0.29, 0.717) is 0 Å². The van der Waals surface area contributed by atoms with E-state index in [4.69, 9.17) is 14.7 Å². The molecule has 5 heteroatoms. The van der Waals surface area contributed by atoms with Gasteiger partial charge in [0.25, 0.3) is 0 Å². The number of pyridine rings is 2. The molecule has 5 aromatic rings. The topological polar surface area (TPSA) is 43.8 Å². The van der Waals surface area contributed by atoms with E-state index in [1.807, 2.05) is 36.7 Å². The highest BCUT2D eigenvalue weighted by molar-refractivity contribution is 5.74. The molecular weight excluding hydrogens is 456 g/mol. The Morgan fingerprint density at radius 2 is 1.51 bits per heavy atom. The Labute approximate surface area is 219 Å². The zero-order chi connectivity index (χ0) is 26.4. The third kappa shape index (κ3) is 4.99. The van der Waals surface area contributed by atoms with Crippen LogP contribution in [0, 0.1) is 0 Å². The van der Waals surface area contributed by atoms with Crippen molar-refractivity contribution in [3.63, 3.8) is 0 Å². The number of aryl methyl sites for hydroxylation is 1. The van der Waals surface area contributed by atoms with Gasteiger partial charge in [0, 0.05) is 30.1 Å². The minimum atomic E-state index is -0.133. The van der Waals surface area contributed by atoms with Crippen LogP contribution in [0.15, 0.2) is 85.5 Å². The van der Waals surface area contributed by atoms with Gasteiger partial charge in [0.2, 0.25) is 6.33 Å². The highest BCUT2D eigenvalue weighted by Gasteiger charge is 2.22. The fourth-order valence-corrected chi connectivity index (χ4v) is 4.51. The summed E-state index contributed by atoms with van der Waals surface area (Å²) in [7, 11) is 2.06. The van der Waals surface area contributed by atoms with Gasteiger partial charge in [-0.2, -0.15) is 4.57 Å². The van der Waals surface area contributed by atoms with Gasteiger partial charge >= 0.3 is 0 Å². The summed E-state index contributed by atoms with van der Waals surface area (Å²) >= 11 is 0. The fraction of sp³-hybridized carbons (Fsp3) is 0.281. The van der Waals surface area contributed by atoms with Crippen LogP contribution in [0.25, 0.3) is 28.1 Å². The third-order valence-corrected chi connectivity index (χ3v) is 6.70. The van der Waals surface area contributed by atoms with Crippen molar-refractivity contribution < 1.29 is 9.30 Å². The summed E-state index contributed by atoms with van der Waals surface area (Å²) in [6, 6.07) is 22.8. The maximum absolute atomic E-state index is 6.57. The lowest BCUT2D eigenvalue weighted by atomic mass is 9.87. The van der Waals surface area contributed by atoms with Crippen LogP contribution in [0.1, 0.15) is 52.7 Å². The molecule has 3 heterocycles. The number of hydrogen-bond acceptors (Lipinski definition) is 3. The molecule has 0 atom stereocenters. The highest BCUT2D eigenvalue weighted by atomic mass is 16.5. The molecule has 5 rings (SSSR count). The Balaban J connectivity index is 1.53. The lowest BCUT2D eigenvalue weighted by Gasteiger charge is -2.23. The standard InChI is InChI=1S/C32H35N4O/c1-31(2,3)22-15-16-26(33-19-22)27-18-30(25(20-34-27)32(4,5)6)37-24-12-10-11-23(17-24)36-21-35(7)28-13-8-9-14-29(28)36/h8-21H,1-7H3/q+1. The van der Waals surface area contributed by atoms with E-state index in [-0.39, 0.29) is 10.8 Å². The van der Waals surface area contributed by atoms with Gasteiger partial charge in [-0.15, -0.1) is 0 Å². The van der Waals surface area contributed by atoms with E-state index in [2.05, 4.69) is 107 Å². The number of fused-ring (bicyclic) bond motifs is 1. The van der Waals surface area contributed by atoms with Gasteiger partial charge < -0.3 is 4.74 Å². The predicted molar refractivity (Wildman–Crippen MR) is 149 cm³/mol. The van der Waals surface area contributed by atoms with E-state index in [1.54, 1.807) is 0 Å². The Hall–Kier alpha value is -3.99. The molecule has 0 aliphatic rings. The van der Waals surface area contributed by atoms with Crippen LogP contribution in [0.2, 0.25) is 0 Å². The van der Waals surface area contributed by atoms with Gasteiger partial charge in [0.1, 0.15) is 17.2 Å². The van der Waals surface area contributed by atoms with Crippen molar-refractivity contribution in [2.45, 2.75) is 52.4 Å². The summed E-state index contributed by atoms with van der Waals surface area (Å²) < 4.78 is 10.9. The van der Waals surface area contributed by atoms with Crippen molar-refractivity contribution in [3.05, 3.63) is 96.6 Å². The lowest BCUT2D eigenvalue weighted by Crippen LogP contribution is -2.25. The molecule has 0 spiro atoms. The van der Waals surface area contributed by atoms with Crippen molar-refractivity contribution in [1.82, 2.24) is 14.5 Å². The van der Waals surface area contributed by atoms with Crippen molar-refractivity contribution >= 4 is 11.0 Å². The van der Waals surface area contributed by atoms with Crippen LogP contribution < -0.4 is 9.30 Å². The van der Waals surface area contributed by atoms with Gasteiger partial charge in [0.05, 0.1) is 18.4 Å².